The van der Waals surface area contributed by atoms with E-state index in [4.69, 9.17) is 0 Å². The van der Waals surface area contributed by atoms with E-state index in [-0.39, 0.29) is 16.1 Å². The number of sulfonamides is 1. The molecule has 11 heteroatoms. The summed E-state index contributed by atoms with van der Waals surface area (Å²) in [6, 6.07) is 8.30. The number of aliphatic hydroxyl groups excluding tert-OH is 2. The van der Waals surface area contributed by atoms with Crippen molar-refractivity contribution in [1.82, 2.24) is 10.0 Å². The molecule has 0 spiro atoms. The molecule has 2 aromatic carbocycles. The lowest BCUT2D eigenvalue weighted by Crippen LogP contribution is -2.48. The van der Waals surface area contributed by atoms with E-state index in [1.54, 1.807) is 23.8 Å². The molecule has 0 aliphatic carbocycles. The lowest BCUT2D eigenvalue weighted by Gasteiger charge is -2.22. The number of rotatable bonds is 7. The van der Waals surface area contributed by atoms with Gasteiger partial charge in [0.2, 0.25) is 0 Å². The lowest BCUT2D eigenvalue weighted by molar-refractivity contribution is -0.384. The average Bonchev–Trinajstić information content (AvgIpc) is 2.65. The van der Waals surface area contributed by atoms with Crippen LogP contribution in [0.2, 0.25) is 0 Å². The lowest BCUT2D eigenvalue weighted by atomic mass is 10.0. The van der Waals surface area contributed by atoms with Crippen molar-refractivity contribution in [2.45, 2.75) is 24.0 Å². The average molecular weight is 409 g/mol. The Morgan fingerprint density at radius 2 is 1.71 bits per heavy atom. The molecule has 2 aromatic rings. The van der Waals surface area contributed by atoms with Gasteiger partial charge in [-0.05, 0) is 36.8 Å². The van der Waals surface area contributed by atoms with Crippen LogP contribution in [0.25, 0.3) is 0 Å². The minimum Gasteiger partial charge on any atom is -0.394 e. The van der Waals surface area contributed by atoms with Gasteiger partial charge >= 0.3 is 6.03 Å². The van der Waals surface area contributed by atoms with E-state index in [1.165, 1.54) is 24.3 Å². The Balaban J connectivity index is 2.07. The number of aryl methyl sites for hydroxylation is 1. The number of carbonyl (C=O) groups is 1. The molecule has 0 bridgehead atoms. The number of hydrogen-bond donors (Lipinski definition) is 4. The second kappa shape index (κ2) is 8.78. The van der Waals surface area contributed by atoms with Gasteiger partial charge in [-0.15, -0.1) is 0 Å². The molecule has 0 heterocycles. The zero-order chi connectivity index (χ0) is 20.9. The fraction of sp³-hybridized carbons (Fsp3) is 0.235. The summed E-state index contributed by atoms with van der Waals surface area (Å²) in [7, 11) is -4.14. The Morgan fingerprint density at radius 1 is 1.14 bits per heavy atom. The molecule has 0 unspecified atom stereocenters. The maximum absolute atomic E-state index is 12.2. The van der Waals surface area contributed by atoms with Crippen LogP contribution in [0.3, 0.4) is 0 Å². The molecular weight excluding hydrogens is 390 g/mol. The Bertz CT molecular complexity index is 944. The molecule has 2 rings (SSSR count). The Kier molecular flexibility index (Phi) is 6.67. The third kappa shape index (κ3) is 5.25. The predicted molar refractivity (Wildman–Crippen MR) is 99.0 cm³/mol. The van der Waals surface area contributed by atoms with Crippen LogP contribution in [-0.4, -0.2) is 42.2 Å². The third-order valence-corrected chi connectivity index (χ3v) is 5.24. The number of nitro benzene ring substituents is 1. The van der Waals surface area contributed by atoms with Crippen LogP contribution >= 0.6 is 0 Å². The topological polar surface area (TPSA) is 159 Å². The van der Waals surface area contributed by atoms with Crippen molar-refractivity contribution in [2.24, 2.45) is 0 Å². The number of nitrogens with one attached hydrogen (secondary N) is 2. The highest BCUT2D eigenvalue weighted by atomic mass is 32.2. The van der Waals surface area contributed by atoms with E-state index < -0.39 is 39.7 Å². The highest BCUT2D eigenvalue weighted by Gasteiger charge is 2.25. The van der Waals surface area contributed by atoms with Gasteiger partial charge in [0.05, 0.1) is 22.5 Å². The number of carbonyl (C=O) groups excluding carboxylic acids is 1. The number of aliphatic hydroxyl groups is 2. The molecular formula is C17H19N3O7S. The van der Waals surface area contributed by atoms with Crippen molar-refractivity contribution < 1.29 is 28.3 Å². The molecule has 10 nitrogen and oxygen atoms in total. The molecule has 0 aliphatic heterocycles. The number of benzene rings is 2. The summed E-state index contributed by atoms with van der Waals surface area (Å²) < 4.78 is 26.2. The summed E-state index contributed by atoms with van der Waals surface area (Å²) in [4.78, 5) is 22.0. The van der Waals surface area contributed by atoms with Crippen LogP contribution in [0.1, 0.15) is 17.2 Å². The Labute approximate surface area is 161 Å². The quantitative estimate of drug-likeness (QED) is 0.392. The van der Waals surface area contributed by atoms with E-state index >= 15 is 0 Å². The monoisotopic (exact) mass is 409 g/mol. The smallest absolute Gasteiger partial charge is 0.329 e. The molecule has 2 amide bonds. The fourth-order valence-corrected chi connectivity index (χ4v) is 3.26. The third-order valence-electron chi connectivity index (χ3n) is 3.90. The van der Waals surface area contributed by atoms with Crippen LogP contribution < -0.4 is 10.0 Å². The van der Waals surface area contributed by atoms with Gasteiger partial charge in [-0.1, -0.05) is 17.7 Å². The van der Waals surface area contributed by atoms with Gasteiger partial charge in [0.25, 0.3) is 15.7 Å². The summed E-state index contributed by atoms with van der Waals surface area (Å²) >= 11 is 0. The first-order valence-corrected chi connectivity index (χ1v) is 9.55. The molecule has 0 fully saturated rings. The van der Waals surface area contributed by atoms with Gasteiger partial charge in [0.15, 0.2) is 0 Å². The summed E-state index contributed by atoms with van der Waals surface area (Å²) in [6.07, 6.45) is -1.42. The maximum atomic E-state index is 12.2. The van der Waals surface area contributed by atoms with Gasteiger partial charge < -0.3 is 15.5 Å². The van der Waals surface area contributed by atoms with Gasteiger partial charge in [-0.25, -0.2) is 17.9 Å². The van der Waals surface area contributed by atoms with Crippen LogP contribution in [0, 0.1) is 17.0 Å². The summed E-state index contributed by atoms with van der Waals surface area (Å²) in [5.41, 5.74) is 0.854. The van der Waals surface area contributed by atoms with Crippen molar-refractivity contribution in [3.8, 4) is 0 Å². The van der Waals surface area contributed by atoms with Crippen LogP contribution in [-0.2, 0) is 10.0 Å². The maximum Gasteiger partial charge on any atom is 0.329 e. The summed E-state index contributed by atoms with van der Waals surface area (Å²) in [6.45, 7) is 1.08. The molecule has 0 saturated heterocycles. The number of nitro groups is 1. The Morgan fingerprint density at radius 3 is 2.21 bits per heavy atom. The van der Waals surface area contributed by atoms with Crippen molar-refractivity contribution in [2.75, 3.05) is 6.61 Å². The first-order chi connectivity index (χ1) is 13.1. The molecule has 0 aliphatic rings. The molecule has 0 radical (unpaired) electrons. The van der Waals surface area contributed by atoms with E-state index in [9.17, 15) is 33.5 Å². The van der Waals surface area contributed by atoms with Gasteiger partial charge in [-0.3, -0.25) is 10.1 Å². The predicted octanol–water partition coefficient (Wildman–Crippen LogP) is 0.986. The van der Waals surface area contributed by atoms with Crippen LogP contribution in [0.5, 0.6) is 0 Å². The van der Waals surface area contributed by atoms with Crippen molar-refractivity contribution >= 4 is 21.7 Å². The second-order valence-corrected chi connectivity index (χ2v) is 7.66. The summed E-state index contributed by atoms with van der Waals surface area (Å²) in [5, 5.41) is 32.6. The first kappa shape index (κ1) is 21.3. The molecule has 2 atom stereocenters. The largest absolute Gasteiger partial charge is 0.394 e. The Hall–Kier alpha value is -3.02. The molecule has 150 valence electrons. The van der Waals surface area contributed by atoms with Crippen molar-refractivity contribution in [1.29, 1.82) is 0 Å². The zero-order valence-corrected chi connectivity index (χ0v) is 15.6. The number of non-ortho nitro benzene ring substituents is 1. The summed E-state index contributed by atoms with van der Waals surface area (Å²) in [5.74, 6) is 0. The van der Waals surface area contributed by atoms with Crippen molar-refractivity contribution in [3.63, 3.8) is 0 Å². The van der Waals surface area contributed by atoms with Gasteiger partial charge in [-0.2, -0.15) is 0 Å². The van der Waals surface area contributed by atoms with E-state index in [0.717, 1.165) is 17.7 Å². The zero-order valence-electron chi connectivity index (χ0n) is 14.8. The fourth-order valence-electron chi connectivity index (χ4n) is 2.35. The molecule has 0 aromatic heterocycles. The van der Waals surface area contributed by atoms with E-state index in [1.807, 2.05) is 0 Å². The molecule has 0 saturated carbocycles. The first-order valence-electron chi connectivity index (χ1n) is 8.07. The van der Waals surface area contributed by atoms with Crippen molar-refractivity contribution in [3.05, 3.63) is 69.8 Å². The minimum atomic E-state index is -4.14. The van der Waals surface area contributed by atoms with E-state index in [0.29, 0.717) is 0 Å². The highest BCUT2D eigenvalue weighted by Crippen LogP contribution is 2.20. The highest BCUT2D eigenvalue weighted by molar-refractivity contribution is 7.90. The minimum absolute atomic E-state index is 0.121. The van der Waals surface area contributed by atoms with Gasteiger partial charge in [0.1, 0.15) is 6.10 Å². The number of urea groups is 1. The van der Waals surface area contributed by atoms with Crippen LogP contribution in [0.15, 0.2) is 53.4 Å². The van der Waals surface area contributed by atoms with E-state index in [2.05, 4.69) is 5.32 Å². The van der Waals surface area contributed by atoms with Crippen LogP contribution in [0.4, 0.5) is 10.5 Å². The molecule has 28 heavy (non-hydrogen) atoms. The molecule has 4 N–H and O–H groups in total. The van der Waals surface area contributed by atoms with Gasteiger partial charge in [0, 0.05) is 12.1 Å². The second-order valence-electron chi connectivity index (χ2n) is 5.97. The standard InChI is InChI=1S/C17H19N3O7S/c1-11-2-8-14(9-3-11)28(26,27)19-17(23)18-15(10-21)16(22)12-4-6-13(7-5-12)20(24)25/h2-9,15-16,21-22H,10H2,1H3,(H2,18,19,23)/t15-,16+/m1/s1. The number of amides is 2. The number of nitrogens with zero attached hydrogens (tertiary/aromatic N) is 1. The normalized spacial score (nSPS) is 13.4. The SMILES string of the molecule is Cc1ccc(S(=O)(=O)NC(=O)N[C@H](CO)[C@@H](O)c2ccc([N+](=O)[O-])cc2)cc1. The number of hydrogen-bond acceptors (Lipinski definition) is 7.